The minimum Gasteiger partial charge on any atom is -0.456 e. The monoisotopic (exact) mass is 713 g/mol. The molecule has 0 saturated heterocycles. The van der Waals surface area contributed by atoms with Crippen LogP contribution in [0.5, 0.6) is 0 Å². The third-order valence-electron chi connectivity index (χ3n) is 11.8. The highest BCUT2D eigenvalue weighted by Gasteiger charge is 2.45. The van der Waals surface area contributed by atoms with Crippen LogP contribution in [-0.4, -0.2) is 15.0 Å². The Balaban J connectivity index is 1.20. The zero-order valence-corrected chi connectivity index (χ0v) is 30.1. The van der Waals surface area contributed by atoms with Crippen LogP contribution < -0.4 is 0 Å². The van der Waals surface area contributed by atoms with Gasteiger partial charge in [0.2, 0.25) is 0 Å². The molecule has 12 rings (SSSR count). The number of aromatic nitrogens is 3. The van der Waals surface area contributed by atoms with Gasteiger partial charge in [-0.05, 0) is 85.3 Å². The van der Waals surface area contributed by atoms with Crippen LogP contribution in [0.25, 0.3) is 88.1 Å². The van der Waals surface area contributed by atoms with E-state index in [1.54, 1.807) is 0 Å². The summed E-state index contributed by atoms with van der Waals surface area (Å²) in [6, 6.07) is 67.1. The minimum absolute atomic E-state index is 0.543. The van der Waals surface area contributed by atoms with Crippen LogP contribution in [0.4, 0.5) is 0 Å². The Hall–Kier alpha value is -7.43. The Bertz CT molecular complexity index is 3390. The number of hydrogen-bond donors (Lipinski definition) is 0. The first-order valence-corrected chi connectivity index (χ1v) is 19.0. The Kier molecular flexibility index (Phi) is 6.52. The highest BCUT2D eigenvalue weighted by Crippen LogP contribution is 2.56. The van der Waals surface area contributed by atoms with Gasteiger partial charge in [-0.3, -0.25) is 0 Å². The van der Waals surface area contributed by atoms with Crippen LogP contribution in [0.1, 0.15) is 22.3 Å². The van der Waals surface area contributed by atoms with Gasteiger partial charge in [0.1, 0.15) is 11.2 Å². The molecule has 6 bridgehead atoms. The maximum atomic E-state index is 6.47. The molecule has 8 aromatic carbocycles. The Labute approximate surface area is 322 Å². The molecule has 1 aliphatic carbocycles. The van der Waals surface area contributed by atoms with Gasteiger partial charge in [-0.1, -0.05) is 158 Å². The number of fused-ring (bicyclic) bond motifs is 13. The summed E-state index contributed by atoms with van der Waals surface area (Å²) < 4.78 is 6.47. The van der Waals surface area contributed by atoms with Crippen LogP contribution in [-0.2, 0) is 5.41 Å². The molecule has 4 heteroatoms. The molecule has 0 fully saturated rings. The molecule has 11 aromatic rings. The molecule has 0 spiro atoms. The van der Waals surface area contributed by atoms with Crippen molar-refractivity contribution in [3.05, 3.63) is 210 Å². The van der Waals surface area contributed by atoms with Crippen molar-refractivity contribution in [3.8, 4) is 22.5 Å². The van der Waals surface area contributed by atoms with E-state index in [0.717, 1.165) is 65.4 Å². The number of benzene rings is 8. The van der Waals surface area contributed by atoms with Crippen LogP contribution >= 0.6 is 0 Å². The summed E-state index contributed by atoms with van der Waals surface area (Å²) in [5.74, 6) is 0.612. The van der Waals surface area contributed by atoms with Crippen molar-refractivity contribution in [2.45, 2.75) is 5.41 Å². The molecule has 0 radical (unpaired) electrons. The van der Waals surface area contributed by atoms with Crippen molar-refractivity contribution >= 4 is 65.6 Å². The third kappa shape index (κ3) is 4.38. The second kappa shape index (κ2) is 11.8. The second-order valence-electron chi connectivity index (χ2n) is 14.7. The second-order valence-corrected chi connectivity index (χ2v) is 14.7. The molecule has 0 atom stereocenters. The standard InChI is InChI=1S/C52H31N3O/c1-2-16-36(17-3-1)52(44-24-8-6-21-40(44)41-22-7-9-25-45(41)52)37-18-11-15-35(30-37)50-53-49-34-14-10-13-32(29-34)38-19-4-5-20-39(38)33-27-28-46-43(31-33)48-42(51(54-49)55-50)23-12-26-47(48)56-46/h1-31H. The van der Waals surface area contributed by atoms with Crippen LogP contribution in [0.2, 0.25) is 0 Å². The molecule has 0 N–H and O–H groups in total. The number of rotatable bonds is 3. The normalized spacial score (nSPS) is 13.1. The molecule has 0 saturated carbocycles. The predicted molar refractivity (Wildman–Crippen MR) is 229 cm³/mol. The van der Waals surface area contributed by atoms with Gasteiger partial charge in [-0.15, -0.1) is 0 Å². The van der Waals surface area contributed by atoms with Gasteiger partial charge in [-0.2, -0.15) is 0 Å². The van der Waals surface area contributed by atoms with E-state index in [4.69, 9.17) is 19.4 Å². The van der Waals surface area contributed by atoms with Crippen LogP contribution in [0, 0.1) is 0 Å². The zero-order valence-electron chi connectivity index (χ0n) is 30.1. The third-order valence-corrected chi connectivity index (χ3v) is 11.8. The molecule has 0 aliphatic heterocycles. The Morgan fingerprint density at radius 3 is 1.80 bits per heavy atom. The van der Waals surface area contributed by atoms with E-state index in [1.165, 1.54) is 27.8 Å². The summed E-state index contributed by atoms with van der Waals surface area (Å²) in [6.45, 7) is 0. The van der Waals surface area contributed by atoms with Crippen molar-refractivity contribution in [1.29, 1.82) is 0 Å². The van der Waals surface area contributed by atoms with E-state index in [-0.39, 0.29) is 0 Å². The first kappa shape index (κ1) is 31.0. The minimum atomic E-state index is -0.543. The summed E-state index contributed by atoms with van der Waals surface area (Å²) in [5.41, 5.74) is 10.6. The van der Waals surface area contributed by atoms with Gasteiger partial charge >= 0.3 is 0 Å². The smallest absolute Gasteiger partial charge is 0.164 e. The Morgan fingerprint density at radius 2 is 1.00 bits per heavy atom. The predicted octanol–water partition coefficient (Wildman–Crippen LogP) is 13.0. The van der Waals surface area contributed by atoms with Gasteiger partial charge < -0.3 is 4.42 Å². The highest BCUT2D eigenvalue weighted by atomic mass is 16.3. The Morgan fingerprint density at radius 1 is 0.375 bits per heavy atom. The zero-order chi connectivity index (χ0) is 36.8. The lowest BCUT2D eigenvalue weighted by Gasteiger charge is -2.34. The lowest BCUT2D eigenvalue weighted by atomic mass is 9.67. The molecule has 1 aliphatic rings. The van der Waals surface area contributed by atoms with E-state index >= 15 is 0 Å². The number of nitrogens with zero attached hydrogens (tertiary/aromatic N) is 3. The average Bonchev–Trinajstić information content (AvgIpc) is 3.80. The van der Waals surface area contributed by atoms with E-state index < -0.39 is 5.41 Å². The number of hydrogen-bond acceptors (Lipinski definition) is 4. The molecule has 4 nitrogen and oxygen atoms in total. The van der Waals surface area contributed by atoms with E-state index in [1.807, 2.05) is 12.1 Å². The molecular weight excluding hydrogens is 683 g/mol. The highest BCUT2D eigenvalue weighted by molar-refractivity contribution is 6.19. The van der Waals surface area contributed by atoms with Gasteiger partial charge in [0.05, 0.1) is 5.41 Å². The summed E-state index contributed by atoms with van der Waals surface area (Å²) in [5, 5.41) is 8.38. The number of furan rings is 1. The van der Waals surface area contributed by atoms with Crippen molar-refractivity contribution in [2.75, 3.05) is 0 Å². The van der Waals surface area contributed by atoms with Crippen molar-refractivity contribution in [2.24, 2.45) is 0 Å². The van der Waals surface area contributed by atoms with Crippen LogP contribution in [0.3, 0.4) is 0 Å². The van der Waals surface area contributed by atoms with Crippen molar-refractivity contribution in [1.82, 2.24) is 15.0 Å². The molecular formula is C52H31N3O. The average molecular weight is 714 g/mol. The topological polar surface area (TPSA) is 51.8 Å². The first-order valence-electron chi connectivity index (χ1n) is 19.0. The van der Waals surface area contributed by atoms with Crippen molar-refractivity contribution in [3.63, 3.8) is 0 Å². The molecule has 260 valence electrons. The maximum absolute atomic E-state index is 6.47. The van der Waals surface area contributed by atoms with Gasteiger partial charge in [0.15, 0.2) is 17.1 Å². The summed E-state index contributed by atoms with van der Waals surface area (Å²) in [6.07, 6.45) is 0. The SMILES string of the molecule is c1ccc(C2(c3cccc(-c4nc5nc(n4)c4cccc6oc7ccc(cc7c64)c4ccccc4c4cccc5c4)c3)c3ccccc3-c3ccccc32)cc1. The summed E-state index contributed by atoms with van der Waals surface area (Å²) in [4.78, 5) is 15.9. The van der Waals surface area contributed by atoms with E-state index in [9.17, 15) is 0 Å². The lowest BCUT2D eigenvalue weighted by molar-refractivity contribution is 0.669. The fourth-order valence-electron chi connectivity index (χ4n) is 9.35. The summed E-state index contributed by atoms with van der Waals surface area (Å²) in [7, 11) is 0. The van der Waals surface area contributed by atoms with Crippen molar-refractivity contribution < 1.29 is 4.42 Å². The van der Waals surface area contributed by atoms with E-state index in [0.29, 0.717) is 17.1 Å². The van der Waals surface area contributed by atoms with Gasteiger partial charge in [0, 0.05) is 27.1 Å². The fourth-order valence-corrected chi connectivity index (χ4v) is 9.35. The molecule has 3 heterocycles. The maximum Gasteiger partial charge on any atom is 0.164 e. The molecule has 56 heavy (non-hydrogen) atoms. The van der Waals surface area contributed by atoms with E-state index in [2.05, 4.69) is 176 Å². The molecule has 0 unspecified atom stereocenters. The van der Waals surface area contributed by atoms with Gasteiger partial charge in [0.25, 0.3) is 0 Å². The molecule has 3 aromatic heterocycles. The largest absolute Gasteiger partial charge is 0.456 e. The molecule has 0 amide bonds. The quantitative estimate of drug-likeness (QED) is 0.183. The summed E-state index contributed by atoms with van der Waals surface area (Å²) >= 11 is 0. The lowest BCUT2D eigenvalue weighted by Crippen LogP contribution is -2.28. The van der Waals surface area contributed by atoms with Crippen LogP contribution in [0.15, 0.2) is 192 Å². The fraction of sp³-hybridized carbons (Fsp3) is 0.0192. The first-order chi connectivity index (χ1) is 27.7. The van der Waals surface area contributed by atoms with Gasteiger partial charge in [-0.25, -0.2) is 15.0 Å².